The third kappa shape index (κ3) is 21.2. The molecule has 6 nitrogen and oxygen atoms in total. The van der Waals surface area contributed by atoms with Crippen molar-refractivity contribution in [1.29, 1.82) is 0 Å². The van der Waals surface area contributed by atoms with E-state index in [1.807, 2.05) is 6.92 Å². The van der Waals surface area contributed by atoms with Crippen molar-refractivity contribution in [2.24, 2.45) is 5.92 Å². The standard InChI is InChI=1S/C30H56NO2S.C7H8O3S/c1-2-3-4-5-6-7-8-9-10-11-12-13-14-17-20-29-25-30(33-26-29)27-32-23-19-16-15-18-21-31-22-24-34-28-31;1-6-2-4-7(5-3-6)11(8,9)10/h22,24,28-30H,2-21,23,25-27H2,1H3;2-5H,1H3,(H,8,9,10)/q+1;/p-1/t29-,30+;/m0./s1. The maximum absolute atomic E-state index is 10.4. The minimum absolute atomic E-state index is 0.178. The van der Waals surface area contributed by atoms with Crippen molar-refractivity contribution in [2.45, 2.75) is 160 Å². The van der Waals surface area contributed by atoms with Gasteiger partial charge in [0.15, 0.2) is 6.20 Å². The number of rotatable bonds is 25. The van der Waals surface area contributed by atoms with Gasteiger partial charge in [-0.25, -0.2) is 8.42 Å². The highest BCUT2D eigenvalue weighted by molar-refractivity contribution is 7.85. The van der Waals surface area contributed by atoms with Gasteiger partial charge in [-0.15, -0.1) is 0 Å². The van der Waals surface area contributed by atoms with E-state index in [0.29, 0.717) is 6.10 Å². The predicted octanol–water partition coefficient (Wildman–Crippen LogP) is 9.79. The van der Waals surface area contributed by atoms with Crippen LogP contribution in [0.25, 0.3) is 0 Å². The lowest BCUT2D eigenvalue weighted by Gasteiger charge is -2.10. The first-order chi connectivity index (χ1) is 21.9. The van der Waals surface area contributed by atoms with Gasteiger partial charge in [-0.3, -0.25) is 0 Å². The van der Waals surface area contributed by atoms with Gasteiger partial charge in [-0.2, -0.15) is 4.57 Å². The topological polar surface area (TPSA) is 79.5 Å². The summed E-state index contributed by atoms with van der Waals surface area (Å²) in [6.07, 6.45) is 30.3. The van der Waals surface area contributed by atoms with Gasteiger partial charge in [0, 0.05) is 19.6 Å². The summed E-state index contributed by atoms with van der Waals surface area (Å²) in [5.41, 5.74) is 3.12. The van der Waals surface area contributed by atoms with Crippen LogP contribution >= 0.6 is 11.3 Å². The van der Waals surface area contributed by atoms with Crippen LogP contribution in [0, 0.1) is 12.8 Å². The van der Waals surface area contributed by atoms with Gasteiger partial charge in [0.05, 0.1) is 23.0 Å². The molecule has 1 fully saturated rings. The molecule has 0 spiro atoms. The van der Waals surface area contributed by atoms with Crippen molar-refractivity contribution in [2.75, 3.05) is 19.8 Å². The minimum atomic E-state index is -4.27. The Morgan fingerprint density at radius 3 is 2.00 bits per heavy atom. The monoisotopic (exact) mass is 665 g/mol. The van der Waals surface area contributed by atoms with Crippen LogP contribution in [0.4, 0.5) is 0 Å². The Morgan fingerprint density at radius 2 is 1.42 bits per heavy atom. The Bertz CT molecular complexity index is 1040. The Labute approximate surface area is 280 Å². The molecule has 1 saturated heterocycles. The first kappa shape index (κ1) is 39.9. The van der Waals surface area contributed by atoms with Gasteiger partial charge >= 0.3 is 0 Å². The minimum Gasteiger partial charge on any atom is -0.744 e. The second kappa shape index (κ2) is 25.7. The summed E-state index contributed by atoms with van der Waals surface area (Å²) < 4.78 is 45.4. The first-order valence-electron chi connectivity index (χ1n) is 18.0. The van der Waals surface area contributed by atoms with E-state index in [2.05, 4.69) is 28.6 Å². The lowest BCUT2D eigenvalue weighted by molar-refractivity contribution is -0.692. The number of thiazole rings is 1. The molecule has 1 aliphatic heterocycles. The van der Waals surface area contributed by atoms with Crippen LogP contribution in [0.3, 0.4) is 0 Å². The molecule has 2 heterocycles. The van der Waals surface area contributed by atoms with Crippen LogP contribution in [-0.4, -0.2) is 38.9 Å². The molecule has 258 valence electrons. The van der Waals surface area contributed by atoms with Gasteiger partial charge in [0.2, 0.25) is 5.51 Å². The van der Waals surface area contributed by atoms with Gasteiger partial charge in [-0.1, -0.05) is 132 Å². The van der Waals surface area contributed by atoms with Crippen molar-refractivity contribution < 1.29 is 27.0 Å². The molecule has 0 bridgehead atoms. The molecule has 1 aromatic heterocycles. The fraction of sp³-hybridized carbons (Fsp3) is 0.757. The molecule has 0 amide bonds. The summed E-state index contributed by atoms with van der Waals surface area (Å²) in [5.74, 6) is 0.778. The zero-order valence-electron chi connectivity index (χ0n) is 28.5. The largest absolute Gasteiger partial charge is 0.744 e. The van der Waals surface area contributed by atoms with Crippen LogP contribution in [0.2, 0.25) is 0 Å². The average Bonchev–Trinajstić information content (AvgIpc) is 3.71. The number of ether oxygens (including phenoxy) is 2. The Kier molecular flexibility index (Phi) is 22.8. The third-order valence-electron chi connectivity index (χ3n) is 8.73. The summed E-state index contributed by atoms with van der Waals surface area (Å²) >= 11 is 1.77. The second-order valence-corrected chi connectivity index (χ2v) is 15.1. The lowest BCUT2D eigenvalue weighted by Crippen LogP contribution is -2.29. The highest BCUT2D eigenvalue weighted by atomic mass is 32.2. The molecule has 2 atom stereocenters. The Balaban J connectivity index is 0.000000537. The van der Waals surface area contributed by atoms with E-state index in [1.54, 1.807) is 23.5 Å². The van der Waals surface area contributed by atoms with Crippen LogP contribution in [-0.2, 0) is 26.1 Å². The van der Waals surface area contributed by atoms with Gasteiger partial charge < -0.3 is 14.0 Å². The first-order valence-corrected chi connectivity index (χ1v) is 20.4. The van der Waals surface area contributed by atoms with Crippen LogP contribution in [0.15, 0.2) is 46.2 Å². The molecular weight excluding hydrogens is 603 g/mol. The molecule has 0 aliphatic carbocycles. The Hall–Kier alpha value is -1.32. The zero-order chi connectivity index (χ0) is 32.4. The number of aromatic nitrogens is 1. The third-order valence-corrected chi connectivity index (χ3v) is 10.2. The predicted molar refractivity (Wildman–Crippen MR) is 186 cm³/mol. The molecule has 1 aliphatic rings. The van der Waals surface area contributed by atoms with Crippen molar-refractivity contribution >= 4 is 21.5 Å². The fourth-order valence-corrected chi connectivity index (χ4v) is 6.98. The van der Waals surface area contributed by atoms with E-state index in [9.17, 15) is 13.0 Å². The normalized spacial score (nSPS) is 16.5. The lowest BCUT2D eigenvalue weighted by atomic mass is 9.97. The highest BCUT2D eigenvalue weighted by Gasteiger charge is 2.25. The van der Waals surface area contributed by atoms with Crippen LogP contribution in [0.1, 0.15) is 141 Å². The smallest absolute Gasteiger partial charge is 0.224 e. The number of unbranched alkanes of at least 4 members (excludes halogenated alkanes) is 16. The maximum atomic E-state index is 10.4. The van der Waals surface area contributed by atoms with Crippen LogP contribution in [0.5, 0.6) is 0 Å². The van der Waals surface area contributed by atoms with Gasteiger partial charge in [0.1, 0.15) is 16.7 Å². The summed E-state index contributed by atoms with van der Waals surface area (Å²) in [4.78, 5) is -0.178. The highest BCUT2D eigenvalue weighted by Crippen LogP contribution is 2.25. The number of hydrogen-bond donors (Lipinski definition) is 0. The number of aryl methyl sites for hydroxylation is 2. The van der Waals surface area contributed by atoms with Crippen LogP contribution < -0.4 is 4.57 Å². The summed E-state index contributed by atoms with van der Waals surface area (Å²) in [6.45, 7) is 7.94. The fourth-order valence-electron chi connectivity index (χ4n) is 5.89. The number of hydrogen-bond acceptors (Lipinski definition) is 6. The molecule has 0 unspecified atom stereocenters. The van der Waals surface area contributed by atoms with E-state index in [4.69, 9.17) is 9.47 Å². The van der Waals surface area contributed by atoms with Gasteiger partial charge in [-0.05, 0) is 50.7 Å². The number of nitrogens with zero attached hydrogens (tertiary/aromatic N) is 1. The van der Waals surface area contributed by atoms with E-state index >= 15 is 0 Å². The van der Waals surface area contributed by atoms with E-state index < -0.39 is 10.1 Å². The molecule has 3 rings (SSSR count). The van der Waals surface area contributed by atoms with Crippen molar-refractivity contribution in [1.82, 2.24) is 0 Å². The average molecular weight is 666 g/mol. The second-order valence-electron chi connectivity index (χ2n) is 13.0. The molecule has 2 aromatic rings. The molecule has 0 saturated carbocycles. The maximum Gasteiger partial charge on any atom is 0.224 e. The van der Waals surface area contributed by atoms with E-state index in [-0.39, 0.29) is 4.90 Å². The van der Waals surface area contributed by atoms with E-state index in [1.165, 1.54) is 141 Å². The van der Waals surface area contributed by atoms with Gasteiger partial charge in [0.25, 0.3) is 0 Å². The number of benzene rings is 1. The quantitative estimate of drug-likeness (QED) is 0.0599. The molecule has 0 radical (unpaired) electrons. The Morgan fingerprint density at radius 1 is 0.844 bits per heavy atom. The molecule has 8 heteroatoms. The zero-order valence-corrected chi connectivity index (χ0v) is 30.1. The molecular formula is C37H63NO5S2. The molecule has 1 aromatic carbocycles. The van der Waals surface area contributed by atoms with Crippen molar-refractivity contribution in [3.05, 3.63) is 46.9 Å². The van der Waals surface area contributed by atoms with Crippen molar-refractivity contribution in [3.63, 3.8) is 0 Å². The summed E-state index contributed by atoms with van der Waals surface area (Å²) in [6, 6.07) is 5.78. The summed E-state index contributed by atoms with van der Waals surface area (Å²) in [5, 5.41) is 2.14. The molecule has 45 heavy (non-hydrogen) atoms. The SMILES string of the molecule is CCCCCCCCCCCCCCCC[C@@H]1CO[C@@H](COCCCCCC[n+]2ccsc2)C1.Cc1ccc(S(=O)(=O)[O-])cc1. The van der Waals surface area contributed by atoms with Crippen molar-refractivity contribution in [3.8, 4) is 0 Å². The molecule has 0 N–H and O–H groups in total. The summed E-state index contributed by atoms with van der Waals surface area (Å²) in [7, 11) is -4.27. The van der Waals surface area contributed by atoms with E-state index in [0.717, 1.165) is 37.8 Å².